The zero-order chi connectivity index (χ0) is 73.3. The molecule has 530 valence electrons. The number of benzene rings is 8. The second kappa shape index (κ2) is 37.8. The van der Waals surface area contributed by atoms with Gasteiger partial charge in [0, 0.05) is 81.4 Å². The van der Waals surface area contributed by atoms with E-state index in [4.69, 9.17) is 23.0 Å². The molecule has 8 aromatic carbocycles. The van der Waals surface area contributed by atoms with Crippen LogP contribution >= 0.6 is 0 Å². The third-order valence-electron chi connectivity index (χ3n) is 17.5. The van der Waals surface area contributed by atoms with E-state index >= 15 is 0 Å². The molecule has 0 aliphatic heterocycles. The van der Waals surface area contributed by atoms with Crippen LogP contribution in [0.4, 0.5) is 0 Å². The number of esters is 2. The maximum absolute atomic E-state index is 12.8. The Balaban J connectivity index is 0.000000177. The standard InChI is InChI=1S/C22H24O6.C22H22O6.C21H18O5.C16H10O5.2Na/c2*1-27-21(25)11-7-14-12-15(6-10-19(14)23)22(26)18-9-8-17(13-20(18)24)28-16-4-2-3-5-16;22-18-12-16(25-15-3-1-2-4-15)7-8-17(18)21(24)14-5-9-19-13(11-14)6-10-20(23)26-19;17-11-3-4-12(13(18)8-11)16(20)10-1-5-14-9(7-10)2-6-15(19)21-14;;/h6,8-10,12-13,16,23-24H,2-5,7,11H2,1H3;6-13,16,23-24H,2-5H2,1H3;5-12,15,22H,1-4H2;1-8,17-18H;;/q;;;;2*+1/p-2/b;11-7+;;;;. The smallest absolute Gasteiger partial charge is 0.872 e. The minimum atomic E-state index is -0.615. The van der Waals surface area contributed by atoms with Crippen LogP contribution in [0, 0.1) is 0 Å². The van der Waals surface area contributed by atoms with Gasteiger partial charge in [0.2, 0.25) is 0 Å². The Hall–Kier alpha value is -10.5. The Morgan fingerprint density at radius 1 is 0.429 bits per heavy atom. The van der Waals surface area contributed by atoms with Crippen LogP contribution in [0.5, 0.6) is 57.5 Å². The summed E-state index contributed by atoms with van der Waals surface area (Å²) < 4.78 is 36.6. The van der Waals surface area contributed by atoms with Crippen LogP contribution in [0.2, 0.25) is 0 Å². The molecule has 24 heteroatoms. The van der Waals surface area contributed by atoms with Crippen molar-refractivity contribution in [2.75, 3.05) is 14.2 Å². The summed E-state index contributed by atoms with van der Waals surface area (Å²) in [5, 5.41) is 75.1. The fraction of sp³-hybridized carbons (Fsp3) is 0.235. The minimum Gasteiger partial charge on any atom is -0.872 e. The van der Waals surface area contributed by atoms with Crippen LogP contribution < -0.4 is 94.8 Å². The largest absolute Gasteiger partial charge is 1.00 e. The quantitative estimate of drug-likeness (QED) is 0.0182. The molecule has 5 N–H and O–H groups in total. The zero-order valence-corrected chi connectivity index (χ0v) is 62.1. The van der Waals surface area contributed by atoms with Crippen molar-refractivity contribution in [3.63, 3.8) is 0 Å². The van der Waals surface area contributed by atoms with Gasteiger partial charge in [0.25, 0.3) is 0 Å². The van der Waals surface area contributed by atoms with Gasteiger partial charge >= 0.3 is 82.3 Å². The summed E-state index contributed by atoms with van der Waals surface area (Å²) >= 11 is 0. The van der Waals surface area contributed by atoms with Gasteiger partial charge in [0.05, 0.1) is 49.2 Å². The summed E-state index contributed by atoms with van der Waals surface area (Å²) in [6, 6.07) is 41.2. The van der Waals surface area contributed by atoms with Crippen LogP contribution in [0.15, 0.2) is 194 Å². The van der Waals surface area contributed by atoms with E-state index in [2.05, 4.69) is 9.47 Å². The summed E-state index contributed by atoms with van der Waals surface area (Å²) in [5.74, 6) is -2.43. The minimum absolute atomic E-state index is 0. The third-order valence-corrected chi connectivity index (χ3v) is 17.5. The molecule has 3 fully saturated rings. The van der Waals surface area contributed by atoms with E-state index in [1.54, 1.807) is 66.7 Å². The number of ketones is 4. The van der Waals surface area contributed by atoms with Crippen molar-refractivity contribution in [2.24, 2.45) is 0 Å². The molecule has 0 amide bonds. The fourth-order valence-electron chi connectivity index (χ4n) is 12.0. The molecule has 0 bridgehead atoms. The van der Waals surface area contributed by atoms with Gasteiger partial charge in [-0.3, -0.25) is 24.0 Å². The number of hydrogen-bond acceptors (Lipinski definition) is 22. The van der Waals surface area contributed by atoms with Crippen molar-refractivity contribution in [3.8, 4) is 57.5 Å². The Bertz CT molecular complexity index is 4960. The second-order valence-corrected chi connectivity index (χ2v) is 24.6. The number of phenolic OH excluding ortho intramolecular Hbond substituents is 5. The maximum Gasteiger partial charge on any atom is 1.00 e. The van der Waals surface area contributed by atoms with Crippen LogP contribution in [-0.4, -0.2) is 93.1 Å². The summed E-state index contributed by atoms with van der Waals surface area (Å²) in [6.07, 6.45) is 16.0. The number of ether oxygens (including phenoxy) is 5. The summed E-state index contributed by atoms with van der Waals surface area (Å²) in [6.45, 7) is 0. The monoisotopic (exact) mass is 1440 g/mol. The Labute approximate surface area is 646 Å². The SMILES string of the molecule is COC(=O)/C=C/c1cc(C(=O)c2ccc(OC3CCCC3)cc2[O-])ccc1[O-].COC(=O)CCc1cc(C(=O)c2ccc(OC3CCCC3)cc2O)ccc1O.O=C(c1ccc2oc(=O)ccc2c1)c1ccc(O)cc1O.O=C(c1ccc2oc(=O)ccc2c1)c1ccc(OC2CCCC2)cc1O.[Na+].[Na+]. The molecule has 0 spiro atoms. The summed E-state index contributed by atoms with van der Waals surface area (Å²) in [7, 11) is 2.52. The molecule has 13 rings (SSSR count). The van der Waals surface area contributed by atoms with Gasteiger partial charge in [-0.05, 0) is 228 Å². The number of aromatic hydroxyl groups is 5. The van der Waals surface area contributed by atoms with E-state index in [0.717, 1.165) is 89.2 Å². The molecule has 105 heavy (non-hydrogen) atoms. The van der Waals surface area contributed by atoms with Crippen molar-refractivity contribution < 1.29 is 156 Å². The van der Waals surface area contributed by atoms with Gasteiger partial charge in [-0.1, -0.05) is 17.9 Å². The summed E-state index contributed by atoms with van der Waals surface area (Å²) in [5.41, 5.74) is 2.24. The number of aryl methyl sites for hydroxylation is 1. The van der Waals surface area contributed by atoms with Crippen LogP contribution in [0.25, 0.3) is 28.0 Å². The third kappa shape index (κ3) is 21.6. The first-order valence-electron chi connectivity index (χ1n) is 33.3. The maximum atomic E-state index is 12.8. The van der Waals surface area contributed by atoms with Gasteiger partial charge < -0.3 is 68.3 Å². The molecule has 3 aliphatic rings. The van der Waals surface area contributed by atoms with Crippen molar-refractivity contribution in [2.45, 2.75) is 108 Å². The number of carbonyl (C=O) groups is 6. The van der Waals surface area contributed by atoms with Crippen LogP contribution in [0.3, 0.4) is 0 Å². The first kappa shape index (κ1) is 80.2. The number of methoxy groups -OCH3 is 2. The molecule has 0 atom stereocenters. The predicted octanol–water partition coefficient (Wildman–Crippen LogP) is 6.82. The van der Waals surface area contributed by atoms with E-state index in [0.29, 0.717) is 61.4 Å². The number of rotatable bonds is 19. The molecule has 0 saturated heterocycles. The molecular formula is C81H72Na2O22. The first-order chi connectivity index (χ1) is 49.6. The fourth-order valence-corrected chi connectivity index (χ4v) is 12.0. The van der Waals surface area contributed by atoms with Gasteiger partial charge in [-0.15, -0.1) is 5.75 Å². The zero-order valence-electron chi connectivity index (χ0n) is 58.1. The molecule has 0 radical (unpaired) electrons. The van der Waals surface area contributed by atoms with Crippen LogP contribution in [0.1, 0.15) is 158 Å². The van der Waals surface area contributed by atoms with Crippen LogP contribution in [-0.2, 0) is 25.5 Å². The molecule has 22 nitrogen and oxygen atoms in total. The number of hydrogen-bond donors (Lipinski definition) is 5. The van der Waals surface area contributed by atoms with Gasteiger partial charge in [0.15, 0.2) is 23.1 Å². The molecular weight excluding hydrogens is 1370 g/mol. The Morgan fingerprint density at radius 2 is 0.838 bits per heavy atom. The number of phenols is 5. The van der Waals surface area contributed by atoms with Crippen molar-refractivity contribution in [1.29, 1.82) is 0 Å². The van der Waals surface area contributed by atoms with Gasteiger partial charge in [-0.25, -0.2) is 14.4 Å². The molecule has 0 unspecified atom stereocenters. The number of carbonyl (C=O) groups excluding carboxylic acids is 6. The predicted molar refractivity (Wildman–Crippen MR) is 375 cm³/mol. The summed E-state index contributed by atoms with van der Waals surface area (Å²) in [4.78, 5) is 95.5. The molecule has 3 saturated carbocycles. The average molecular weight is 1440 g/mol. The second-order valence-electron chi connectivity index (χ2n) is 24.6. The van der Waals surface area contributed by atoms with E-state index in [1.165, 1.54) is 117 Å². The van der Waals surface area contributed by atoms with E-state index in [-0.39, 0.29) is 175 Å². The Morgan fingerprint density at radius 3 is 1.29 bits per heavy atom. The van der Waals surface area contributed by atoms with Crippen molar-refractivity contribution in [3.05, 3.63) is 252 Å². The van der Waals surface area contributed by atoms with Gasteiger partial charge in [-0.2, -0.15) is 0 Å². The molecule has 2 aromatic heterocycles. The Kier molecular flexibility index (Phi) is 28.9. The normalized spacial score (nSPS) is 13.3. The van der Waals surface area contributed by atoms with E-state index in [1.807, 2.05) is 0 Å². The first-order valence-corrected chi connectivity index (χ1v) is 33.3. The molecule has 3 aliphatic carbocycles. The average Bonchev–Trinajstić information content (AvgIpc) is 1.48. The number of fused-ring (bicyclic) bond motifs is 2. The van der Waals surface area contributed by atoms with Gasteiger partial charge in [0.1, 0.15) is 57.2 Å². The molecule has 10 aromatic rings. The van der Waals surface area contributed by atoms with Crippen molar-refractivity contribution >= 4 is 63.1 Å². The molecule has 2 heterocycles. The topological polar surface area (TPSA) is 356 Å². The van der Waals surface area contributed by atoms with E-state index in [9.17, 15) is 74.1 Å². The van der Waals surface area contributed by atoms with E-state index < -0.39 is 34.7 Å². The van der Waals surface area contributed by atoms with Crippen molar-refractivity contribution in [1.82, 2.24) is 0 Å².